The molecule has 4 aromatic rings. The van der Waals surface area contributed by atoms with Crippen molar-refractivity contribution in [1.29, 1.82) is 0 Å². The second-order valence-corrected chi connectivity index (χ2v) is 48.8. The van der Waals surface area contributed by atoms with Gasteiger partial charge in [-0.3, -0.25) is 0 Å². The Kier molecular flexibility index (Phi) is 20.9. The summed E-state index contributed by atoms with van der Waals surface area (Å²) in [5, 5.41) is 0. The summed E-state index contributed by atoms with van der Waals surface area (Å²) in [7, 11) is -4.79. The second-order valence-electron chi connectivity index (χ2n) is 24.1. The molecule has 0 N–H and O–H groups in total. The molecule has 0 radical (unpaired) electrons. The molecule has 1 aliphatic rings. The number of nitrogens with zero attached hydrogens (tertiary/aromatic N) is 2. The van der Waals surface area contributed by atoms with Crippen LogP contribution in [0.25, 0.3) is 16.9 Å². The van der Waals surface area contributed by atoms with E-state index in [9.17, 15) is 5.53 Å². The fourth-order valence-corrected chi connectivity index (χ4v) is 13.9. The average Bonchev–Trinajstić information content (AvgIpc) is 3.50. The Bertz CT molecular complexity index is 1990. The van der Waals surface area contributed by atoms with E-state index >= 15 is 0 Å². The van der Waals surface area contributed by atoms with Crippen LogP contribution in [0, 0.1) is 13.8 Å². The molecule has 4 aromatic carbocycles. The summed E-state index contributed by atoms with van der Waals surface area (Å²) in [5.74, 6) is 0. The van der Waals surface area contributed by atoms with E-state index in [1.807, 2.05) is 0 Å². The van der Waals surface area contributed by atoms with Gasteiger partial charge in [-0.2, -0.15) is 0 Å². The fourth-order valence-electron chi connectivity index (χ4n) is 8.20. The van der Waals surface area contributed by atoms with Crippen LogP contribution in [-0.2, 0) is 43.7 Å². The second kappa shape index (κ2) is 24.7. The van der Waals surface area contributed by atoms with Gasteiger partial charge < -0.3 is 5.53 Å². The molecule has 65 heavy (non-hydrogen) atoms. The summed E-state index contributed by atoms with van der Waals surface area (Å²) >= 11 is 0.562. The normalized spacial score (nSPS) is 13.8. The first-order valence-corrected chi connectivity index (χ1v) is 41.7. The van der Waals surface area contributed by atoms with Crippen molar-refractivity contribution >= 4 is 51.8 Å². The molecule has 0 unspecified atom stereocenters. The Labute approximate surface area is 412 Å². The van der Waals surface area contributed by atoms with Crippen molar-refractivity contribution in [2.45, 2.75) is 195 Å². The van der Waals surface area contributed by atoms with Gasteiger partial charge in [0.05, 0.1) is 0 Å². The van der Waals surface area contributed by atoms with Crippen LogP contribution >= 0.6 is 0 Å². The zero-order valence-electron chi connectivity index (χ0n) is 44.2. The van der Waals surface area contributed by atoms with Crippen molar-refractivity contribution < 1.29 is 22.7 Å². The first-order valence-electron chi connectivity index (χ1n) is 25.3. The predicted molar refractivity (Wildman–Crippen MR) is 298 cm³/mol. The topological polar surface area (TPSA) is 25.3 Å². The molecule has 5 rings (SSSR count). The molecule has 1 aliphatic heterocycles. The van der Waals surface area contributed by atoms with E-state index in [2.05, 4.69) is 191 Å². The number of benzene rings is 4. The number of allylic oxidation sites excluding steroid dienone is 2. The van der Waals surface area contributed by atoms with Gasteiger partial charge in [-0.1, -0.05) is 142 Å². The monoisotopic (exact) mass is 1030 g/mol. The minimum atomic E-state index is -1.20. The van der Waals surface area contributed by atoms with Crippen molar-refractivity contribution in [3.8, 4) is 0 Å². The third-order valence-electron chi connectivity index (χ3n) is 12.4. The van der Waals surface area contributed by atoms with E-state index in [1.54, 1.807) is 4.70 Å². The Morgan fingerprint density at radius 3 is 0.938 bits per heavy atom. The molecule has 0 aromatic heterocycles. The summed E-state index contributed by atoms with van der Waals surface area (Å²) in [4.78, 5) is 0. The Morgan fingerprint density at radius 1 is 0.415 bits per heavy atom. The molecule has 0 aliphatic carbocycles. The first kappa shape index (κ1) is 55.1. The van der Waals surface area contributed by atoms with Gasteiger partial charge in [0.1, 0.15) is 0 Å². The van der Waals surface area contributed by atoms with E-state index in [-0.39, 0.29) is 0 Å². The summed E-state index contributed by atoms with van der Waals surface area (Å²) in [6, 6.07) is 37.6. The van der Waals surface area contributed by atoms with Crippen molar-refractivity contribution in [3.05, 3.63) is 146 Å². The first-order chi connectivity index (χ1) is 30.3. The number of rotatable bonds is 22. The van der Waals surface area contributed by atoms with Crippen molar-refractivity contribution in [2.24, 2.45) is 0 Å². The van der Waals surface area contributed by atoms with Crippen LogP contribution in [-0.4, -0.2) is 37.0 Å². The van der Waals surface area contributed by atoms with Crippen LogP contribution in [0.4, 0.5) is 0 Å². The summed E-state index contributed by atoms with van der Waals surface area (Å²) in [6.45, 7) is 38.8. The van der Waals surface area contributed by atoms with Gasteiger partial charge in [0, 0.05) is 54.6 Å². The number of unbranched alkanes of at least 4 members (excludes halogenated alkanes) is 2. The number of aryl methyl sites for hydroxylation is 6. The molecule has 358 valence electrons. The quantitative estimate of drug-likeness (QED) is 0.0554. The van der Waals surface area contributed by atoms with Crippen LogP contribution in [0.1, 0.15) is 96.9 Å². The van der Waals surface area contributed by atoms with Crippen molar-refractivity contribution in [3.63, 3.8) is 0 Å². The van der Waals surface area contributed by atoms with Gasteiger partial charge in [-0.15, -0.1) is 0 Å². The molecular formula is C58H90N2PdSi4. The van der Waals surface area contributed by atoms with E-state index in [0.29, 0.717) is 18.0 Å². The van der Waals surface area contributed by atoms with Crippen molar-refractivity contribution in [2.75, 3.05) is 0 Å². The average molecular weight is 1030 g/mol. The molecule has 0 amide bonds. The Morgan fingerprint density at radius 2 is 0.692 bits per heavy atom. The van der Waals surface area contributed by atoms with Crippen LogP contribution in [0.3, 0.4) is 0 Å². The molecule has 0 atom stereocenters. The summed E-state index contributed by atoms with van der Waals surface area (Å²) < 4.78 is 4.53. The van der Waals surface area contributed by atoms with Crippen molar-refractivity contribution in [1.82, 2.24) is 0 Å². The number of hydrogen-bond acceptors (Lipinski definition) is 0. The zero-order chi connectivity index (χ0) is 48.2. The van der Waals surface area contributed by atoms with Gasteiger partial charge in [0.15, 0.2) is 0 Å². The van der Waals surface area contributed by atoms with E-state index in [0.717, 1.165) is 75.6 Å². The predicted octanol–water partition coefficient (Wildman–Crippen LogP) is 17.1. The Balaban J connectivity index is 0.000000515. The molecule has 0 fully saturated rings. The molecule has 0 spiro atoms. The Hall–Kier alpha value is -2.51. The SMILES string of the molecule is CCCCC1=C(c2cc(CC[Si](C)(C)C)cc(CC[Si](C)(C)C)c2)[N+](=[N-])C(c2cc(CC[Si](C)(C)C)cc(CC[Si](C)(C)C)c2)=C1CCCC.Cc1cc[c]([Pd][c]2ccc(C)cc2)cc1. The molecule has 1 heterocycles. The third-order valence-corrected chi connectivity index (χ3v) is 21.3. The van der Waals surface area contributed by atoms with Crippen LogP contribution in [0.2, 0.25) is 103 Å². The van der Waals surface area contributed by atoms with Gasteiger partial charge in [0.2, 0.25) is 11.4 Å². The maximum absolute atomic E-state index is 12.6. The van der Waals surface area contributed by atoms with E-state index in [4.69, 9.17) is 0 Å². The zero-order valence-corrected chi connectivity index (χ0v) is 49.7. The molecule has 0 saturated heterocycles. The minimum absolute atomic E-state index is 0.562. The fraction of sp³-hybridized carbons (Fsp3) is 0.517. The third kappa shape index (κ3) is 19.6. The number of hydrogen-bond donors (Lipinski definition) is 0. The molecule has 2 nitrogen and oxygen atoms in total. The van der Waals surface area contributed by atoms with Crippen LogP contribution in [0.15, 0.2) is 96.1 Å². The maximum atomic E-state index is 12.6. The van der Waals surface area contributed by atoms with E-state index < -0.39 is 32.3 Å². The summed E-state index contributed by atoms with van der Waals surface area (Å²) in [5.41, 5.74) is 28.5. The van der Waals surface area contributed by atoms with Gasteiger partial charge in [-0.05, 0) is 97.9 Å². The van der Waals surface area contributed by atoms with E-state index in [1.165, 1.54) is 87.9 Å². The molecule has 7 heteroatoms. The molecular weight excluding hydrogens is 943 g/mol. The van der Waals surface area contributed by atoms with Gasteiger partial charge >= 0.3 is 99.6 Å². The van der Waals surface area contributed by atoms with Crippen LogP contribution in [0.5, 0.6) is 0 Å². The molecule has 0 bridgehead atoms. The standard InChI is InChI=1S/C44H76N2Si4.2C7H7.Pd/c1-15-17-19-41-42(20-18-16-2)44(40-33-37(23-27-49(9,10)11)30-38(34-40)24-28-50(12,13)14)46(45)43(41)39-31-35(21-25-47(3,4)5)29-36(32-39)22-26-48(6,7)8;2*1-7-5-3-2-4-6-7;/h29-34H,15-28H2,1-14H3;2*3-6H,1H3;. The van der Waals surface area contributed by atoms with Crippen LogP contribution < -0.4 is 8.07 Å². The molecule has 0 saturated carbocycles. The summed E-state index contributed by atoms with van der Waals surface area (Å²) in [6.07, 6.45) is 11.2. The van der Waals surface area contributed by atoms with Gasteiger partial charge in [0.25, 0.3) is 0 Å². The van der Waals surface area contributed by atoms with Gasteiger partial charge in [-0.25, -0.2) is 4.70 Å².